The minimum Gasteiger partial charge on any atom is -0.0622 e. The zero-order chi connectivity index (χ0) is 36.7. The number of hydrogen-bond donors (Lipinski definition) is 0. The first kappa shape index (κ1) is 31.7. The first-order chi connectivity index (χ1) is 27.0. The van der Waals surface area contributed by atoms with Gasteiger partial charge in [-0.05, 0) is 134 Å². The van der Waals surface area contributed by atoms with Crippen LogP contribution >= 0.6 is 0 Å². The van der Waals surface area contributed by atoms with Gasteiger partial charge in [0, 0.05) is 5.41 Å². The molecule has 10 aromatic carbocycles. The van der Waals surface area contributed by atoms with Gasteiger partial charge in [0.25, 0.3) is 0 Å². The van der Waals surface area contributed by atoms with Crippen molar-refractivity contribution < 1.29 is 0 Å². The molecule has 1 aliphatic carbocycles. The quantitative estimate of drug-likeness (QED) is 0.161. The Morgan fingerprint density at radius 3 is 1.58 bits per heavy atom. The molecule has 0 bridgehead atoms. The van der Waals surface area contributed by atoms with Crippen LogP contribution in [0, 0.1) is 0 Å². The molecule has 0 heteroatoms. The third kappa shape index (κ3) is 4.92. The van der Waals surface area contributed by atoms with Crippen molar-refractivity contribution in [3.8, 4) is 55.6 Å². The number of fused-ring (bicyclic) bond motifs is 7. The van der Waals surface area contributed by atoms with Crippen LogP contribution in [0.5, 0.6) is 0 Å². The molecule has 0 unspecified atom stereocenters. The summed E-state index contributed by atoms with van der Waals surface area (Å²) in [5.74, 6) is 0. The molecule has 258 valence electrons. The van der Waals surface area contributed by atoms with E-state index in [1.807, 2.05) is 0 Å². The molecule has 0 aliphatic heterocycles. The van der Waals surface area contributed by atoms with Gasteiger partial charge in [0.1, 0.15) is 0 Å². The summed E-state index contributed by atoms with van der Waals surface area (Å²) in [7, 11) is 0. The van der Waals surface area contributed by atoms with Crippen LogP contribution in [0.1, 0.15) is 25.0 Å². The lowest BCUT2D eigenvalue weighted by Gasteiger charge is -2.23. The summed E-state index contributed by atoms with van der Waals surface area (Å²) >= 11 is 0. The summed E-state index contributed by atoms with van der Waals surface area (Å²) in [5, 5.41) is 10.1. The Labute approximate surface area is 322 Å². The van der Waals surface area contributed by atoms with Gasteiger partial charge < -0.3 is 0 Å². The Hall–Kier alpha value is -6.76. The second kappa shape index (κ2) is 12.1. The highest BCUT2D eigenvalue weighted by molar-refractivity contribution is 6.23. The fourth-order valence-corrected chi connectivity index (χ4v) is 9.50. The van der Waals surface area contributed by atoms with Gasteiger partial charge in [0.05, 0.1) is 0 Å². The van der Waals surface area contributed by atoms with Crippen LogP contribution in [0.25, 0.3) is 98.7 Å². The van der Waals surface area contributed by atoms with E-state index in [9.17, 15) is 0 Å². The normalized spacial score (nSPS) is 13.1. The Morgan fingerprint density at radius 1 is 0.273 bits per heavy atom. The van der Waals surface area contributed by atoms with E-state index in [0.29, 0.717) is 0 Å². The van der Waals surface area contributed by atoms with E-state index in [2.05, 4.69) is 208 Å². The third-order valence-electron chi connectivity index (χ3n) is 12.2. The van der Waals surface area contributed by atoms with Crippen LogP contribution in [-0.2, 0) is 5.41 Å². The highest BCUT2D eigenvalue weighted by Gasteiger charge is 2.37. The molecule has 0 nitrogen and oxygen atoms in total. The molecule has 1 aliphatic rings. The molecule has 0 atom stereocenters. The summed E-state index contributed by atoms with van der Waals surface area (Å²) in [6.07, 6.45) is 0. The molecule has 0 amide bonds. The van der Waals surface area contributed by atoms with Crippen LogP contribution in [0.15, 0.2) is 194 Å². The molecule has 0 spiro atoms. The first-order valence-electron chi connectivity index (χ1n) is 19.3. The molecule has 0 radical (unpaired) electrons. The van der Waals surface area contributed by atoms with Crippen molar-refractivity contribution >= 4 is 43.1 Å². The van der Waals surface area contributed by atoms with Crippen LogP contribution in [0.4, 0.5) is 0 Å². The van der Waals surface area contributed by atoms with Crippen LogP contribution in [0.3, 0.4) is 0 Å². The Balaban J connectivity index is 1.21. The molecule has 0 heterocycles. The fourth-order valence-electron chi connectivity index (χ4n) is 9.50. The van der Waals surface area contributed by atoms with E-state index in [1.54, 1.807) is 0 Å². The third-order valence-corrected chi connectivity index (χ3v) is 12.2. The summed E-state index contributed by atoms with van der Waals surface area (Å²) in [5.41, 5.74) is 15.4. The molecular formula is C55H38. The predicted octanol–water partition coefficient (Wildman–Crippen LogP) is 15.3. The lowest BCUT2D eigenvalue weighted by atomic mass is 9.80. The van der Waals surface area contributed by atoms with E-state index in [-0.39, 0.29) is 5.41 Å². The average Bonchev–Trinajstić information content (AvgIpc) is 3.48. The summed E-state index contributed by atoms with van der Waals surface area (Å²) < 4.78 is 0. The second-order valence-corrected chi connectivity index (χ2v) is 15.7. The van der Waals surface area contributed by atoms with Crippen LogP contribution in [0.2, 0.25) is 0 Å². The first-order valence-corrected chi connectivity index (χ1v) is 19.3. The van der Waals surface area contributed by atoms with Gasteiger partial charge in [0.15, 0.2) is 0 Å². The molecule has 0 N–H and O–H groups in total. The van der Waals surface area contributed by atoms with Gasteiger partial charge >= 0.3 is 0 Å². The molecule has 0 saturated carbocycles. The monoisotopic (exact) mass is 698 g/mol. The molecule has 0 fully saturated rings. The van der Waals surface area contributed by atoms with Crippen molar-refractivity contribution in [1.29, 1.82) is 0 Å². The smallest absolute Gasteiger partial charge is 0.0159 e. The highest BCUT2D eigenvalue weighted by Crippen LogP contribution is 2.54. The molecule has 11 rings (SSSR count). The number of hydrogen-bond acceptors (Lipinski definition) is 0. The summed E-state index contributed by atoms with van der Waals surface area (Å²) in [4.78, 5) is 0. The van der Waals surface area contributed by atoms with E-state index in [4.69, 9.17) is 0 Å². The minimum atomic E-state index is -0.0881. The molecule has 0 saturated heterocycles. The van der Waals surface area contributed by atoms with Crippen LogP contribution in [-0.4, -0.2) is 0 Å². The number of rotatable bonds is 4. The van der Waals surface area contributed by atoms with Gasteiger partial charge in [-0.2, -0.15) is 0 Å². The van der Waals surface area contributed by atoms with Crippen LogP contribution < -0.4 is 0 Å². The molecule has 55 heavy (non-hydrogen) atoms. The Bertz CT molecular complexity index is 3160. The van der Waals surface area contributed by atoms with Crippen molar-refractivity contribution in [2.75, 3.05) is 0 Å². The maximum absolute atomic E-state index is 2.46. The Morgan fingerprint density at radius 2 is 0.782 bits per heavy atom. The van der Waals surface area contributed by atoms with E-state index in [0.717, 1.165) is 0 Å². The standard InChI is InChI=1S/C55H38/c1-55(2)50-21-11-10-19-47(50)54-48(20-12-22-51(54)55)53-45-18-9-8-17-44(45)52(43-28-27-39-32-38(25-26-41(39)33-43)35-13-4-3-5-14-35)46-30-29-42(34-49(46)53)40-24-23-36-15-6-7-16-37(36)31-40/h3-34H,1-2H3. The van der Waals surface area contributed by atoms with E-state index >= 15 is 0 Å². The highest BCUT2D eigenvalue weighted by atomic mass is 14.4. The molecule has 0 aromatic heterocycles. The predicted molar refractivity (Wildman–Crippen MR) is 236 cm³/mol. The Kier molecular flexibility index (Phi) is 7.00. The summed E-state index contributed by atoms with van der Waals surface area (Å²) in [6.45, 7) is 4.75. The van der Waals surface area contributed by atoms with Gasteiger partial charge in [-0.15, -0.1) is 0 Å². The van der Waals surface area contributed by atoms with E-state index in [1.165, 1.54) is 110 Å². The number of benzene rings is 10. The summed E-state index contributed by atoms with van der Waals surface area (Å²) in [6, 6.07) is 72.3. The molecule has 10 aromatic rings. The lowest BCUT2D eigenvalue weighted by Crippen LogP contribution is -2.14. The maximum atomic E-state index is 2.46. The zero-order valence-electron chi connectivity index (χ0n) is 31.0. The van der Waals surface area contributed by atoms with Crippen molar-refractivity contribution in [1.82, 2.24) is 0 Å². The lowest BCUT2D eigenvalue weighted by molar-refractivity contribution is 0.660. The topological polar surface area (TPSA) is 0 Å². The van der Waals surface area contributed by atoms with Crippen molar-refractivity contribution in [2.24, 2.45) is 0 Å². The average molecular weight is 699 g/mol. The van der Waals surface area contributed by atoms with Crippen molar-refractivity contribution in [2.45, 2.75) is 19.3 Å². The van der Waals surface area contributed by atoms with Gasteiger partial charge in [0.2, 0.25) is 0 Å². The van der Waals surface area contributed by atoms with Gasteiger partial charge in [-0.3, -0.25) is 0 Å². The largest absolute Gasteiger partial charge is 0.0622 e. The SMILES string of the molecule is CC1(C)c2ccccc2-c2c(-c3c4ccccc4c(-c4ccc5cc(-c6ccccc6)ccc5c4)c4ccc(-c5ccc6ccccc6c5)cc34)cccc21. The van der Waals surface area contributed by atoms with Crippen molar-refractivity contribution in [3.05, 3.63) is 205 Å². The maximum Gasteiger partial charge on any atom is 0.0159 e. The molecular weight excluding hydrogens is 661 g/mol. The van der Waals surface area contributed by atoms with Gasteiger partial charge in [-0.25, -0.2) is 0 Å². The second-order valence-electron chi connectivity index (χ2n) is 15.7. The van der Waals surface area contributed by atoms with E-state index < -0.39 is 0 Å². The zero-order valence-corrected chi connectivity index (χ0v) is 31.0. The fraction of sp³-hybridized carbons (Fsp3) is 0.0545. The minimum absolute atomic E-state index is 0.0881. The van der Waals surface area contributed by atoms with Gasteiger partial charge in [-0.1, -0.05) is 184 Å². The van der Waals surface area contributed by atoms with Crippen molar-refractivity contribution in [3.63, 3.8) is 0 Å².